The van der Waals surface area contributed by atoms with E-state index in [1.807, 2.05) is 17.3 Å². The van der Waals surface area contributed by atoms with Crippen LogP contribution in [0.15, 0.2) is 9.72 Å². The summed E-state index contributed by atoms with van der Waals surface area (Å²) in [7, 11) is 0. The van der Waals surface area contributed by atoms with Gasteiger partial charge < -0.3 is 0 Å². The SMILES string of the molecule is [CH2]CCCSc1scnc1C. The molecule has 1 heterocycles. The first kappa shape index (κ1) is 9.07. The highest BCUT2D eigenvalue weighted by atomic mass is 32.2. The first-order valence-corrected chi connectivity index (χ1v) is 5.53. The normalized spacial score (nSPS) is 10.4. The van der Waals surface area contributed by atoms with Gasteiger partial charge in [-0.05, 0) is 19.1 Å². The second-order valence-electron chi connectivity index (χ2n) is 2.28. The van der Waals surface area contributed by atoms with E-state index in [-0.39, 0.29) is 0 Å². The van der Waals surface area contributed by atoms with Crippen molar-refractivity contribution in [1.29, 1.82) is 0 Å². The van der Waals surface area contributed by atoms with Gasteiger partial charge in [-0.25, -0.2) is 4.98 Å². The second-order valence-corrected chi connectivity index (χ2v) is 4.50. The smallest absolute Gasteiger partial charge is 0.0827 e. The number of hydrogen-bond donors (Lipinski definition) is 0. The van der Waals surface area contributed by atoms with Gasteiger partial charge in [0.1, 0.15) is 0 Å². The highest BCUT2D eigenvalue weighted by molar-refractivity contribution is 8.01. The lowest BCUT2D eigenvalue weighted by atomic mass is 10.4. The number of aryl methyl sites for hydroxylation is 1. The number of aromatic nitrogens is 1. The molecule has 0 fully saturated rings. The van der Waals surface area contributed by atoms with E-state index in [4.69, 9.17) is 0 Å². The van der Waals surface area contributed by atoms with Crippen molar-refractivity contribution in [1.82, 2.24) is 4.98 Å². The fourth-order valence-electron chi connectivity index (χ4n) is 0.697. The van der Waals surface area contributed by atoms with Crippen LogP contribution in [0.4, 0.5) is 0 Å². The van der Waals surface area contributed by atoms with Gasteiger partial charge in [0.05, 0.1) is 15.4 Å². The molecule has 0 atom stereocenters. The Balaban J connectivity index is 2.32. The van der Waals surface area contributed by atoms with Crippen LogP contribution < -0.4 is 0 Å². The van der Waals surface area contributed by atoms with E-state index < -0.39 is 0 Å². The lowest BCUT2D eigenvalue weighted by molar-refractivity contribution is 0.969. The zero-order valence-corrected chi connectivity index (χ0v) is 8.30. The number of nitrogens with zero attached hydrogens (tertiary/aromatic N) is 1. The highest BCUT2D eigenvalue weighted by Gasteiger charge is 1.99. The lowest BCUT2D eigenvalue weighted by Crippen LogP contribution is -1.77. The van der Waals surface area contributed by atoms with Gasteiger partial charge in [-0.1, -0.05) is 13.3 Å². The van der Waals surface area contributed by atoms with Crippen molar-refractivity contribution in [2.75, 3.05) is 5.75 Å². The Morgan fingerprint density at radius 3 is 3.09 bits per heavy atom. The van der Waals surface area contributed by atoms with Crippen LogP contribution in [0, 0.1) is 13.8 Å². The molecule has 1 rings (SSSR count). The van der Waals surface area contributed by atoms with Crippen molar-refractivity contribution >= 4 is 23.1 Å². The van der Waals surface area contributed by atoms with E-state index in [9.17, 15) is 0 Å². The number of thioether (sulfide) groups is 1. The van der Waals surface area contributed by atoms with Gasteiger partial charge in [0.2, 0.25) is 0 Å². The molecule has 0 unspecified atom stereocenters. The van der Waals surface area contributed by atoms with E-state index in [0.717, 1.165) is 6.42 Å². The van der Waals surface area contributed by atoms with E-state index >= 15 is 0 Å². The zero-order chi connectivity index (χ0) is 8.10. The van der Waals surface area contributed by atoms with Crippen LogP contribution in [0.25, 0.3) is 0 Å². The van der Waals surface area contributed by atoms with Crippen LogP contribution in [-0.4, -0.2) is 10.7 Å². The summed E-state index contributed by atoms with van der Waals surface area (Å²) in [5.41, 5.74) is 3.08. The second kappa shape index (κ2) is 4.78. The number of hydrogen-bond acceptors (Lipinski definition) is 3. The highest BCUT2D eigenvalue weighted by Crippen LogP contribution is 2.26. The maximum Gasteiger partial charge on any atom is 0.0827 e. The molecule has 0 N–H and O–H groups in total. The van der Waals surface area contributed by atoms with E-state index in [1.165, 1.54) is 22.1 Å². The van der Waals surface area contributed by atoms with E-state index in [1.54, 1.807) is 11.3 Å². The van der Waals surface area contributed by atoms with Crippen LogP contribution in [0.1, 0.15) is 18.5 Å². The lowest BCUT2D eigenvalue weighted by Gasteiger charge is -1.95. The summed E-state index contributed by atoms with van der Waals surface area (Å²) in [6.45, 7) is 5.86. The van der Waals surface area contributed by atoms with Gasteiger partial charge in [-0.3, -0.25) is 0 Å². The molecule has 0 saturated heterocycles. The fourth-order valence-corrected chi connectivity index (χ4v) is 2.67. The Labute approximate surface area is 76.2 Å². The average molecular weight is 186 g/mol. The first-order chi connectivity index (χ1) is 5.34. The summed E-state index contributed by atoms with van der Waals surface area (Å²) in [6.07, 6.45) is 2.23. The Morgan fingerprint density at radius 1 is 1.73 bits per heavy atom. The molecular weight excluding hydrogens is 174 g/mol. The van der Waals surface area contributed by atoms with Crippen molar-refractivity contribution < 1.29 is 0 Å². The third kappa shape index (κ3) is 2.83. The Hall–Kier alpha value is -0.0200. The Kier molecular flexibility index (Phi) is 3.94. The number of thiazole rings is 1. The molecule has 0 aromatic carbocycles. The summed E-state index contributed by atoms with van der Waals surface area (Å²) >= 11 is 3.63. The molecule has 1 aromatic rings. The molecule has 11 heavy (non-hydrogen) atoms. The van der Waals surface area contributed by atoms with Crippen molar-refractivity contribution in [2.24, 2.45) is 0 Å². The number of unbranched alkanes of at least 4 members (excludes halogenated alkanes) is 1. The summed E-state index contributed by atoms with van der Waals surface area (Å²) in [4.78, 5) is 4.18. The predicted molar refractivity (Wildman–Crippen MR) is 52.2 cm³/mol. The van der Waals surface area contributed by atoms with Gasteiger partial charge in [-0.15, -0.1) is 23.1 Å². The standard InChI is InChI=1S/C8H12NS2/c1-3-4-5-10-8-7(2)9-6-11-8/h6H,1,3-5H2,2H3. The molecule has 61 valence electrons. The van der Waals surface area contributed by atoms with Crippen LogP contribution in [0.5, 0.6) is 0 Å². The number of rotatable bonds is 4. The summed E-state index contributed by atoms with van der Waals surface area (Å²) < 4.78 is 1.36. The molecule has 0 spiro atoms. The summed E-state index contributed by atoms with van der Waals surface area (Å²) in [6, 6.07) is 0. The third-order valence-electron chi connectivity index (χ3n) is 1.33. The molecule has 0 amide bonds. The molecule has 1 nitrogen and oxygen atoms in total. The minimum absolute atomic E-state index is 1.03. The molecule has 0 aliphatic rings. The van der Waals surface area contributed by atoms with Crippen molar-refractivity contribution in [2.45, 2.75) is 24.0 Å². The van der Waals surface area contributed by atoms with Crippen molar-refractivity contribution in [3.05, 3.63) is 18.1 Å². The van der Waals surface area contributed by atoms with E-state index in [2.05, 4.69) is 18.8 Å². The molecule has 0 saturated carbocycles. The topological polar surface area (TPSA) is 12.9 Å². The van der Waals surface area contributed by atoms with Crippen LogP contribution in [0.2, 0.25) is 0 Å². The van der Waals surface area contributed by atoms with E-state index in [0.29, 0.717) is 0 Å². The van der Waals surface area contributed by atoms with Gasteiger partial charge in [0, 0.05) is 0 Å². The molecule has 1 radical (unpaired) electrons. The van der Waals surface area contributed by atoms with Gasteiger partial charge in [0.25, 0.3) is 0 Å². The van der Waals surface area contributed by atoms with Crippen LogP contribution in [-0.2, 0) is 0 Å². The summed E-state index contributed by atoms with van der Waals surface area (Å²) in [5, 5.41) is 0. The molecule has 1 aromatic heterocycles. The van der Waals surface area contributed by atoms with Gasteiger partial charge >= 0.3 is 0 Å². The van der Waals surface area contributed by atoms with Gasteiger partial charge in [-0.2, -0.15) is 0 Å². The molecular formula is C8H12NS2. The summed E-state index contributed by atoms with van der Waals surface area (Å²) in [5.74, 6) is 1.17. The molecule has 3 heteroatoms. The quantitative estimate of drug-likeness (QED) is 0.529. The van der Waals surface area contributed by atoms with Crippen molar-refractivity contribution in [3.63, 3.8) is 0 Å². The Bertz CT molecular complexity index is 208. The van der Waals surface area contributed by atoms with Crippen LogP contribution >= 0.6 is 23.1 Å². The minimum atomic E-state index is 1.03. The first-order valence-electron chi connectivity index (χ1n) is 3.66. The predicted octanol–water partition coefficient (Wildman–Crippen LogP) is 3.16. The monoisotopic (exact) mass is 186 g/mol. The molecule has 0 aliphatic carbocycles. The zero-order valence-electron chi connectivity index (χ0n) is 6.67. The molecule has 0 aliphatic heterocycles. The third-order valence-corrected chi connectivity index (χ3v) is 3.74. The Morgan fingerprint density at radius 2 is 2.55 bits per heavy atom. The fraction of sp³-hybridized carbons (Fsp3) is 0.500. The van der Waals surface area contributed by atoms with Crippen LogP contribution in [0.3, 0.4) is 0 Å². The minimum Gasteiger partial charge on any atom is -0.249 e. The maximum atomic E-state index is 4.18. The van der Waals surface area contributed by atoms with Gasteiger partial charge in [0.15, 0.2) is 0 Å². The molecule has 0 bridgehead atoms. The average Bonchev–Trinajstić information content (AvgIpc) is 2.37. The van der Waals surface area contributed by atoms with Crippen molar-refractivity contribution in [3.8, 4) is 0 Å². The largest absolute Gasteiger partial charge is 0.249 e. The maximum absolute atomic E-state index is 4.18.